The highest BCUT2D eigenvalue weighted by atomic mass is 16.2. The highest BCUT2D eigenvalue weighted by Gasteiger charge is 2.10. The summed E-state index contributed by atoms with van der Waals surface area (Å²) in [6, 6.07) is 8.52. The molecule has 3 rings (SSSR count). The van der Waals surface area contributed by atoms with Gasteiger partial charge in [-0.15, -0.1) is 0 Å². The van der Waals surface area contributed by atoms with E-state index in [-0.39, 0.29) is 11.3 Å². The van der Waals surface area contributed by atoms with Gasteiger partial charge in [-0.1, -0.05) is 12.1 Å². The fraction of sp³-hybridized carbons (Fsp3) is 0. The van der Waals surface area contributed by atoms with Gasteiger partial charge in [-0.3, -0.25) is 14.9 Å². The molecule has 0 aliphatic rings. The van der Waals surface area contributed by atoms with Crippen LogP contribution in [0.15, 0.2) is 41.5 Å². The first-order chi connectivity index (χ1) is 9.22. The minimum atomic E-state index is -0.495. The third-order valence-corrected chi connectivity index (χ3v) is 2.53. The minimum Gasteiger partial charge on any atom is -0.324 e. The molecule has 0 radical (unpaired) electrons. The van der Waals surface area contributed by atoms with Crippen molar-refractivity contribution < 1.29 is 4.79 Å². The molecule has 3 aromatic rings. The summed E-state index contributed by atoms with van der Waals surface area (Å²) in [7, 11) is 0. The van der Waals surface area contributed by atoms with Crippen LogP contribution in [0.4, 0.5) is 5.95 Å². The van der Waals surface area contributed by atoms with E-state index in [0.717, 1.165) is 17.1 Å². The number of aromatic amines is 2. The zero-order valence-electron chi connectivity index (χ0n) is 9.68. The number of carbonyl (C=O) groups excluding carboxylic acids is 1. The smallest absolute Gasteiger partial charge is 0.276 e. The van der Waals surface area contributed by atoms with E-state index in [1.165, 1.54) is 6.33 Å². The molecule has 0 saturated carbocycles. The van der Waals surface area contributed by atoms with Crippen LogP contribution in [0.3, 0.4) is 0 Å². The predicted octanol–water partition coefficient (Wildman–Crippen LogP) is 0.898. The number of nitrogens with zero attached hydrogens (tertiary/aromatic N) is 2. The van der Waals surface area contributed by atoms with Crippen LogP contribution >= 0.6 is 0 Å². The number of imidazole rings is 1. The number of rotatable bonds is 2. The highest BCUT2D eigenvalue weighted by molar-refractivity contribution is 6.02. The van der Waals surface area contributed by atoms with Gasteiger partial charge in [0, 0.05) is 6.07 Å². The van der Waals surface area contributed by atoms with E-state index in [2.05, 4.69) is 25.3 Å². The Bertz CT molecular complexity index is 772. The zero-order chi connectivity index (χ0) is 13.2. The van der Waals surface area contributed by atoms with E-state index in [0.29, 0.717) is 5.95 Å². The Labute approximate surface area is 106 Å². The van der Waals surface area contributed by atoms with E-state index in [9.17, 15) is 9.59 Å². The summed E-state index contributed by atoms with van der Waals surface area (Å²) in [5.41, 5.74) is 1.21. The van der Waals surface area contributed by atoms with Gasteiger partial charge in [0.05, 0.1) is 17.4 Å². The van der Waals surface area contributed by atoms with Gasteiger partial charge in [0.25, 0.3) is 11.5 Å². The van der Waals surface area contributed by atoms with Gasteiger partial charge >= 0.3 is 0 Å². The largest absolute Gasteiger partial charge is 0.324 e. The Hall–Kier alpha value is -2.96. The van der Waals surface area contributed by atoms with E-state index < -0.39 is 5.91 Å². The number of aromatic nitrogens is 4. The number of carbonyl (C=O) groups is 1. The van der Waals surface area contributed by atoms with Gasteiger partial charge in [-0.05, 0) is 12.1 Å². The third kappa shape index (κ3) is 2.21. The van der Waals surface area contributed by atoms with Crippen molar-refractivity contribution in [1.29, 1.82) is 0 Å². The lowest BCUT2D eigenvalue weighted by atomic mass is 10.3. The van der Waals surface area contributed by atoms with Crippen LogP contribution in [-0.4, -0.2) is 25.8 Å². The molecule has 0 aliphatic heterocycles. The van der Waals surface area contributed by atoms with E-state index in [4.69, 9.17) is 0 Å². The Morgan fingerprint density at radius 3 is 2.89 bits per heavy atom. The number of benzene rings is 1. The molecule has 0 fully saturated rings. The fourth-order valence-electron chi connectivity index (χ4n) is 1.68. The standard InChI is InChI=1S/C12H9N5O2/c18-10-5-9(13-6-14-10)11(19)17-12-15-7-3-1-2-4-8(7)16-12/h1-6H,(H,13,14,18)(H2,15,16,17,19). The van der Waals surface area contributed by atoms with E-state index in [1.54, 1.807) is 0 Å². The Morgan fingerprint density at radius 1 is 1.26 bits per heavy atom. The van der Waals surface area contributed by atoms with Crippen LogP contribution in [0.2, 0.25) is 0 Å². The van der Waals surface area contributed by atoms with Crippen molar-refractivity contribution in [3.05, 3.63) is 52.7 Å². The Balaban J connectivity index is 1.88. The van der Waals surface area contributed by atoms with Crippen LogP contribution in [0.25, 0.3) is 11.0 Å². The maximum atomic E-state index is 11.9. The van der Waals surface area contributed by atoms with Crippen LogP contribution in [0, 0.1) is 0 Å². The lowest BCUT2D eigenvalue weighted by Gasteiger charge is -1.99. The lowest BCUT2D eigenvalue weighted by Crippen LogP contribution is -2.18. The van der Waals surface area contributed by atoms with Crippen molar-refractivity contribution in [1.82, 2.24) is 19.9 Å². The average Bonchev–Trinajstić information content (AvgIpc) is 2.80. The molecule has 0 bridgehead atoms. The predicted molar refractivity (Wildman–Crippen MR) is 68.9 cm³/mol. The molecule has 2 heterocycles. The maximum absolute atomic E-state index is 11.9. The first kappa shape index (κ1) is 11.1. The summed E-state index contributed by atoms with van der Waals surface area (Å²) in [4.78, 5) is 36.2. The first-order valence-corrected chi connectivity index (χ1v) is 5.53. The maximum Gasteiger partial charge on any atom is 0.276 e. The molecule has 0 atom stereocenters. The van der Waals surface area contributed by atoms with Gasteiger partial charge in [0.15, 0.2) is 0 Å². The van der Waals surface area contributed by atoms with Gasteiger partial charge in [0.1, 0.15) is 5.69 Å². The van der Waals surface area contributed by atoms with Crippen LogP contribution < -0.4 is 10.9 Å². The fourth-order valence-corrected chi connectivity index (χ4v) is 1.68. The lowest BCUT2D eigenvalue weighted by molar-refractivity contribution is 0.102. The van der Waals surface area contributed by atoms with Crippen molar-refractivity contribution in [2.45, 2.75) is 0 Å². The number of nitrogens with one attached hydrogen (secondary N) is 3. The summed E-state index contributed by atoms with van der Waals surface area (Å²) in [6.07, 6.45) is 1.18. The van der Waals surface area contributed by atoms with Gasteiger partial charge < -0.3 is 9.97 Å². The SMILES string of the molecule is O=C(Nc1nc2ccccc2[nH]1)c1cc(=O)[nH]cn1. The molecule has 7 heteroatoms. The van der Waals surface area contributed by atoms with Gasteiger partial charge in [-0.2, -0.15) is 0 Å². The number of hydrogen-bond donors (Lipinski definition) is 3. The minimum absolute atomic E-state index is 0.0317. The number of para-hydroxylation sites is 2. The molecule has 2 aromatic heterocycles. The molecule has 1 amide bonds. The van der Waals surface area contributed by atoms with Crippen molar-refractivity contribution >= 4 is 22.9 Å². The monoisotopic (exact) mass is 255 g/mol. The molecule has 1 aromatic carbocycles. The van der Waals surface area contributed by atoms with Gasteiger partial charge in [0.2, 0.25) is 5.95 Å². The summed E-state index contributed by atoms with van der Waals surface area (Å²) in [5, 5.41) is 2.55. The van der Waals surface area contributed by atoms with Crippen LogP contribution in [0.5, 0.6) is 0 Å². The molecule has 0 aliphatic carbocycles. The molecule has 3 N–H and O–H groups in total. The number of anilines is 1. The van der Waals surface area contributed by atoms with Crippen molar-refractivity contribution in [3.63, 3.8) is 0 Å². The van der Waals surface area contributed by atoms with Crippen LogP contribution in [-0.2, 0) is 0 Å². The second-order valence-corrected chi connectivity index (χ2v) is 3.85. The summed E-state index contributed by atoms with van der Waals surface area (Å²) >= 11 is 0. The second-order valence-electron chi connectivity index (χ2n) is 3.85. The van der Waals surface area contributed by atoms with Crippen molar-refractivity contribution in [2.75, 3.05) is 5.32 Å². The molecule has 94 valence electrons. The molecule has 0 saturated heterocycles. The quantitative estimate of drug-likeness (QED) is 0.632. The number of hydrogen-bond acceptors (Lipinski definition) is 4. The zero-order valence-corrected chi connectivity index (χ0v) is 9.68. The van der Waals surface area contributed by atoms with E-state index >= 15 is 0 Å². The average molecular weight is 255 g/mol. The third-order valence-electron chi connectivity index (χ3n) is 2.53. The summed E-state index contributed by atoms with van der Waals surface area (Å²) in [6.45, 7) is 0. The Kier molecular flexibility index (Phi) is 2.57. The normalized spacial score (nSPS) is 10.5. The van der Waals surface area contributed by atoms with E-state index in [1.807, 2.05) is 24.3 Å². The highest BCUT2D eigenvalue weighted by Crippen LogP contribution is 2.13. The molecule has 19 heavy (non-hydrogen) atoms. The second kappa shape index (κ2) is 4.37. The number of amides is 1. The van der Waals surface area contributed by atoms with Crippen molar-refractivity contribution in [3.8, 4) is 0 Å². The first-order valence-electron chi connectivity index (χ1n) is 5.53. The number of fused-ring (bicyclic) bond motifs is 1. The molecular formula is C12H9N5O2. The number of H-pyrrole nitrogens is 2. The summed E-state index contributed by atoms with van der Waals surface area (Å²) in [5.74, 6) is -0.182. The molecule has 0 spiro atoms. The molecule has 7 nitrogen and oxygen atoms in total. The van der Waals surface area contributed by atoms with Gasteiger partial charge in [-0.25, -0.2) is 9.97 Å². The Morgan fingerprint density at radius 2 is 2.11 bits per heavy atom. The summed E-state index contributed by atoms with van der Waals surface area (Å²) < 4.78 is 0. The van der Waals surface area contributed by atoms with Crippen LogP contribution in [0.1, 0.15) is 10.5 Å². The molecule has 0 unspecified atom stereocenters. The molecular weight excluding hydrogens is 246 g/mol. The van der Waals surface area contributed by atoms with Crippen molar-refractivity contribution in [2.24, 2.45) is 0 Å². The topological polar surface area (TPSA) is 104 Å².